The van der Waals surface area contributed by atoms with Crippen molar-refractivity contribution >= 4 is 24.3 Å². The van der Waals surface area contributed by atoms with E-state index in [0.717, 1.165) is 30.4 Å². The van der Waals surface area contributed by atoms with E-state index < -0.39 is 30.7 Å². The van der Waals surface area contributed by atoms with Crippen LogP contribution in [0.2, 0.25) is 0 Å². The standard InChI is InChI=1S/C31H45BO7/c1-8-29(6)15-26(39-27(34)17-37-25-14-24-23(13-19(25)2)16-38-32(24)36)30(7)18-31(11-9-20(30)3,12-10-21(4)33)22(5)28(29)35/h8,13-14,20,22,26,28,35-36H,1,9-12,15-18H2,2-7H3/t20-,22+,26-,28+,29-,30+,31-/m1/s1. The second-order valence-electron chi connectivity index (χ2n) is 13.1. The highest BCUT2D eigenvalue weighted by atomic mass is 16.6. The Kier molecular flexibility index (Phi) is 8.43. The summed E-state index contributed by atoms with van der Waals surface area (Å²) in [6.07, 6.45) is 4.97. The zero-order chi connectivity index (χ0) is 28.8. The highest BCUT2D eigenvalue weighted by molar-refractivity contribution is 6.61. The summed E-state index contributed by atoms with van der Waals surface area (Å²) >= 11 is 0. The summed E-state index contributed by atoms with van der Waals surface area (Å²) in [4.78, 5) is 25.3. The molecule has 2 aliphatic carbocycles. The average molecular weight is 541 g/mol. The molecule has 2 bridgehead atoms. The molecule has 2 N–H and O–H groups in total. The van der Waals surface area contributed by atoms with Crippen LogP contribution < -0.4 is 10.2 Å². The first kappa shape index (κ1) is 29.8. The van der Waals surface area contributed by atoms with E-state index in [9.17, 15) is 19.7 Å². The largest absolute Gasteiger partial charge is 0.491 e. The summed E-state index contributed by atoms with van der Waals surface area (Å²) in [5.41, 5.74) is 1.17. The third kappa shape index (κ3) is 5.57. The summed E-state index contributed by atoms with van der Waals surface area (Å²) in [5, 5.41) is 21.7. The zero-order valence-corrected chi connectivity index (χ0v) is 24.4. The Morgan fingerprint density at radius 2 is 2.00 bits per heavy atom. The third-order valence-corrected chi connectivity index (χ3v) is 10.6. The molecule has 1 heterocycles. The predicted molar refractivity (Wildman–Crippen MR) is 151 cm³/mol. The van der Waals surface area contributed by atoms with Gasteiger partial charge in [0.05, 0.1) is 12.7 Å². The number of aliphatic hydroxyl groups excluding tert-OH is 1. The minimum absolute atomic E-state index is 0.0335. The first-order chi connectivity index (χ1) is 18.2. The Hall–Kier alpha value is -2.16. The molecule has 0 amide bonds. The smallest absolute Gasteiger partial charge is 0.482 e. The molecule has 214 valence electrons. The van der Waals surface area contributed by atoms with E-state index >= 15 is 0 Å². The molecule has 4 rings (SSSR count). The van der Waals surface area contributed by atoms with E-state index in [2.05, 4.69) is 27.4 Å². The SMILES string of the molecule is C=C[C@]1(C)C[C@@H](OC(=O)COc2cc3c(cc2C)COB3O)[C@@]2(C)C[C@](CCC(C)=O)(CC[C@H]2C)[C@@H](C)[C@@H]1O. The lowest BCUT2D eigenvalue weighted by Gasteiger charge is -2.60. The molecule has 0 saturated heterocycles. The van der Waals surface area contributed by atoms with Gasteiger partial charge in [-0.2, -0.15) is 0 Å². The van der Waals surface area contributed by atoms with Gasteiger partial charge < -0.3 is 29.1 Å². The van der Waals surface area contributed by atoms with Crippen LogP contribution in [-0.2, 0) is 25.6 Å². The Bertz CT molecular complexity index is 1120. The Morgan fingerprint density at radius 3 is 2.67 bits per heavy atom. The molecule has 0 unspecified atom stereocenters. The molecule has 1 aromatic rings. The summed E-state index contributed by atoms with van der Waals surface area (Å²) in [7, 11) is -0.994. The van der Waals surface area contributed by atoms with Crippen molar-refractivity contribution in [3.05, 3.63) is 35.9 Å². The average Bonchev–Trinajstić information content (AvgIpc) is 3.25. The van der Waals surface area contributed by atoms with Crippen molar-refractivity contribution in [3.8, 4) is 5.75 Å². The minimum Gasteiger partial charge on any atom is -0.482 e. The molecule has 1 aromatic carbocycles. The number of carbonyl (C=O) groups excluding carboxylic acids is 2. The number of aliphatic hydroxyl groups is 1. The van der Waals surface area contributed by atoms with Gasteiger partial charge in [-0.05, 0) is 85.9 Å². The molecule has 39 heavy (non-hydrogen) atoms. The number of ether oxygens (including phenoxy) is 2. The molecule has 0 radical (unpaired) electrons. The number of hydrogen-bond acceptors (Lipinski definition) is 7. The highest BCUT2D eigenvalue weighted by Gasteiger charge is 2.58. The topological polar surface area (TPSA) is 102 Å². The van der Waals surface area contributed by atoms with E-state index in [1.165, 1.54) is 0 Å². The number of Topliss-reactive ketones (excluding diaryl/α,β-unsaturated/α-hetero) is 1. The number of esters is 1. The van der Waals surface area contributed by atoms with Gasteiger partial charge in [-0.3, -0.25) is 0 Å². The van der Waals surface area contributed by atoms with Crippen molar-refractivity contribution in [1.29, 1.82) is 0 Å². The van der Waals surface area contributed by atoms with Crippen LogP contribution in [0, 0.1) is 35.0 Å². The second-order valence-corrected chi connectivity index (χ2v) is 13.1. The van der Waals surface area contributed by atoms with Gasteiger partial charge in [0, 0.05) is 17.3 Å². The normalized spacial score (nSPS) is 35.9. The number of fused-ring (bicyclic) bond motifs is 3. The number of benzene rings is 1. The fraction of sp³-hybridized carbons (Fsp3) is 0.677. The first-order valence-corrected chi connectivity index (χ1v) is 14.3. The van der Waals surface area contributed by atoms with Crippen molar-refractivity contribution in [3.63, 3.8) is 0 Å². The van der Waals surface area contributed by atoms with Gasteiger partial charge in [0.2, 0.25) is 0 Å². The van der Waals surface area contributed by atoms with Gasteiger partial charge >= 0.3 is 13.1 Å². The van der Waals surface area contributed by atoms with Gasteiger partial charge in [0.1, 0.15) is 17.6 Å². The van der Waals surface area contributed by atoms with Gasteiger partial charge in [-0.15, -0.1) is 6.58 Å². The maximum Gasteiger partial charge on any atom is 0.491 e. The number of carbonyl (C=O) groups is 2. The molecular formula is C31H45BO7. The first-order valence-electron chi connectivity index (χ1n) is 14.3. The summed E-state index contributed by atoms with van der Waals surface area (Å²) in [6.45, 7) is 16.2. The highest BCUT2D eigenvalue weighted by Crippen LogP contribution is 2.62. The molecule has 0 aromatic heterocycles. The van der Waals surface area contributed by atoms with Crippen molar-refractivity contribution in [2.24, 2.45) is 28.1 Å². The molecule has 7 nitrogen and oxygen atoms in total. The molecule has 3 aliphatic rings. The quantitative estimate of drug-likeness (QED) is 0.288. The van der Waals surface area contributed by atoms with E-state index in [1.54, 1.807) is 19.1 Å². The van der Waals surface area contributed by atoms with Crippen molar-refractivity contribution in [2.75, 3.05) is 6.61 Å². The van der Waals surface area contributed by atoms with Crippen LogP contribution in [0.15, 0.2) is 24.8 Å². The van der Waals surface area contributed by atoms with Gasteiger partial charge in [-0.25, -0.2) is 4.79 Å². The Labute approximate surface area is 233 Å². The van der Waals surface area contributed by atoms with Gasteiger partial charge in [0.25, 0.3) is 0 Å². The number of aryl methyl sites for hydroxylation is 1. The molecule has 0 spiro atoms. The summed E-state index contributed by atoms with van der Waals surface area (Å²) < 4.78 is 17.4. The van der Waals surface area contributed by atoms with Crippen LogP contribution in [-0.4, -0.2) is 47.8 Å². The maximum atomic E-state index is 13.3. The molecule has 8 heteroatoms. The van der Waals surface area contributed by atoms with Crippen molar-refractivity contribution < 1.29 is 33.8 Å². The molecule has 7 atom stereocenters. The zero-order valence-electron chi connectivity index (χ0n) is 24.4. The number of rotatable bonds is 8. The molecular weight excluding hydrogens is 495 g/mol. The molecule has 2 fully saturated rings. The van der Waals surface area contributed by atoms with Crippen LogP contribution in [0.25, 0.3) is 0 Å². The van der Waals surface area contributed by atoms with Gasteiger partial charge in [0.15, 0.2) is 6.61 Å². The number of hydrogen-bond donors (Lipinski definition) is 2. The minimum atomic E-state index is -0.994. The lowest BCUT2D eigenvalue weighted by atomic mass is 9.47. The lowest BCUT2D eigenvalue weighted by molar-refractivity contribution is -0.190. The lowest BCUT2D eigenvalue weighted by Crippen LogP contribution is -2.58. The van der Waals surface area contributed by atoms with Crippen LogP contribution >= 0.6 is 0 Å². The Morgan fingerprint density at radius 1 is 1.28 bits per heavy atom. The van der Waals surface area contributed by atoms with Crippen molar-refractivity contribution in [2.45, 2.75) is 98.9 Å². The fourth-order valence-corrected chi connectivity index (χ4v) is 7.44. The third-order valence-electron chi connectivity index (χ3n) is 10.6. The maximum absolute atomic E-state index is 13.3. The Balaban J connectivity index is 1.59. The van der Waals surface area contributed by atoms with Crippen molar-refractivity contribution in [1.82, 2.24) is 0 Å². The predicted octanol–water partition coefficient (Wildman–Crippen LogP) is 4.28. The van der Waals surface area contributed by atoms with E-state index in [4.69, 9.17) is 14.1 Å². The summed E-state index contributed by atoms with van der Waals surface area (Å²) in [6, 6.07) is 3.64. The molecule has 2 saturated carbocycles. The van der Waals surface area contributed by atoms with E-state index in [0.29, 0.717) is 43.0 Å². The van der Waals surface area contributed by atoms with E-state index in [-0.39, 0.29) is 29.1 Å². The fourth-order valence-electron chi connectivity index (χ4n) is 7.44. The second kappa shape index (κ2) is 11.0. The van der Waals surface area contributed by atoms with Crippen LogP contribution in [0.5, 0.6) is 5.75 Å². The molecule has 1 aliphatic heterocycles. The van der Waals surface area contributed by atoms with Crippen LogP contribution in [0.3, 0.4) is 0 Å². The van der Waals surface area contributed by atoms with Crippen LogP contribution in [0.1, 0.15) is 84.3 Å². The monoisotopic (exact) mass is 540 g/mol. The number of ketones is 1. The van der Waals surface area contributed by atoms with E-state index in [1.807, 2.05) is 19.9 Å². The summed E-state index contributed by atoms with van der Waals surface area (Å²) in [5.74, 6) is 0.446. The van der Waals surface area contributed by atoms with Gasteiger partial charge in [-0.1, -0.05) is 39.8 Å². The van der Waals surface area contributed by atoms with Crippen LogP contribution in [0.4, 0.5) is 0 Å².